The van der Waals surface area contributed by atoms with Crippen molar-refractivity contribution in [3.05, 3.63) is 54.1 Å². The summed E-state index contributed by atoms with van der Waals surface area (Å²) in [5.74, 6) is 1.09. The highest BCUT2D eigenvalue weighted by Crippen LogP contribution is 2.30. The summed E-state index contributed by atoms with van der Waals surface area (Å²) in [7, 11) is 3.48. The van der Waals surface area contributed by atoms with Crippen molar-refractivity contribution >= 4 is 17.5 Å². The molecule has 3 rings (SSSR count). The zero-order valence-electron chi connectivity index (χ0n) is 17.1. The van der Waals surface area contributed by atoms with E-state index in [1.807, 2.05) is 67.4 Å². The van der Waals surface area contributed by atoms with E-state index in [1.54, 1.807) is 7.05 Å². The number of likely N-dealkylation sites (N-methyl/N-ethyl adjacent to an activating group) is 2. The summed E-state index contributed by atoms with van der Waals surface area (Å²) >= 11 is 0. The largest absolute Gasteiger partial charge is 0.486 e. The lowest BCUT2D eigenvalue weighted by molar-refractivity contribution is -0.134. The maximum Gasteiger partial charge on any atom is 0.243 e. The number of amides is 2. The number of benzene rings is 2. The van der Waals surface area contributed by atoms with Gasteiger partial charge in [-0.15, -0.1) is 0 Å². The number of nitrogens with zero attached hydrogens (tertiary/aromatic N) is 2. The smallest absolute Gasteiger partial charge is 0.243 e. The lowest BCUT2D eigenvalue weighted by atomic mass is 10.2. The maximum atomic E-state index is 12.5. The molecule has 2 amide bonds. The van der Waals surface area contributed by atoms with E-state index in [0.717, 1.165) is 11.3 Å². The van der Waals surface area contributed by atoms with Gasteiger partial charge in [-0.2, -0.15) is 0 Å². The van der Waals surface area contributed by atoms with Gasteiger partial charge in [-0.1, -0.05) is 29.8 Å². The van der Waals surface area contributed by atoms with E-state index in [4.69, 9.17) is 9.47 Å². The SMILES string of the molecule is Cc1ccc(NC(=O)CN(C)C(=O)CN(C)CC2COc3ccccc3O2)cc1. The van der Waals surface area contributed by atoms with Gasteiger partial charge in [0.05, 0.1) is 13.1 Å². The molecule has 1 N–H and O–H groups in total. The van der Waals surface area contributed by atoms with E-state index in [1.165, 1.54) is 4.90 Å². The summed E-state index contributed by atoms with van der Waals surface area (Å²) in [5.41, 5.74) is 1.84. The van der Waals surface area contributed by atoms with Crippen molar-refractivity contribution in [2.75, 3.05) is 45.7 Å². The van der Waals surface area contributed by atoms with Crippen molar-refractivity contribution in [2.24, 2.45) is 0 Å². The van der Waals surface area contributed by atoms with Crippen LogP contribution in [-0.4, -0.2) is 68.1 Å². The molecule has 7 heteroatoms. The highest BCUT2D eigenvalue weighted by molar-refractivity contribution is 5.94. The van der Waals surface area contributed by atoms with Crippen molar-refractivity contribution in [3.63, 3.8) is 0 Å². The minimum atomic E-state index is -0.229. The Balaban J connectivity index is 1.43. The fraction of sp³-hybridized carbons (Fsp3) is 0.364. The van der Waals surface area contributed by atoms with Crippen LogP contribution in [0.1, 0.15) is 5.56 Å². The number of para-hydroxylation sites is 2. The Kier molecular flexibility index (Phi) is 6.72. The molecule has 1 atom stereocenters. The van der Waals surface area contributed by atoms with E-state index in [0.29, 0.717) is 24.6 Å². The number of rotatable bonds is 7. The predicted octanol–water partition coefficient (Wildman–Crippen LogP) is 2.16. The van der Waals surface area contributed by atoms with Gasteiger partial charge in [-0.3, -0.25) is 14.5 Å². The molecule has 0 fully saturated rings. The van der Waals surface area contributed by atoms with Crippen LogP contribution in [0, 0.1) is 6.92 Å². The Bertz CT molecular complexity index is 853. The van der Waals surface area contributed by atoms with Crippen LogP contribution in [-0.2, 0) is 9.59 Å². The number of hydrogen-bond acceptors (Lipinski definition) is 5. The molecule has 0 aromatic heterocycles. The predicted molar refractivity (Wildman–Crippen MR) is 111 cm³/mol. The van der Waals surface area contributed by atoms with Crippen LogP contribution in [0.4, 0.5) is 5.69 Å². The number of fused-ring (bicyclic) bond motifs is 1. The van der Waals surface area contributed by atoms with Gasteiger partial charge in [0.2, 0.25) is 11.8 Å². The van der Waals surface area contributed by atoms with Gasteiger partial charge in [0.1, 0.15) is 12.7 Å². The number of hydrogen-bond donors (Lipinski definition) is 1. The van der Waals surface area contributed by atoms with Gasteiger partial charge in [0.25, 0.3) is 0 Å². The molecule has 0 radical (unpaired) electrons. The fourth-order valence-electron chi connectivity index (χ4n) is 3.06. The molecule has 1 heterocycles. The summed E-state index contributed by atoms with van der Waals surface area (Å²) < 4.78 is 11.6. The number of anilines is 1. The van der Waals surface area contributed by atoms with Gasteiger partial charge < -0.3 is 19.7 Å². The fourth-order valence-corrected chi connectivity index (χ4v) is 3.06. The van der Waals surface area contributed by atoms with Crippen LogP contribution in [0.2, 0.25) is 0 Å². The Morgan fingerprint density at radius 1 is 1.03 bits per heavy atom. The van der Waals surface area contributed by atoms with Gasteiger partial charge in [0.15, 0.2) is 11.5 Å². The number of ether oxygens (including phenoxy) is 2. The summed E-state index contributed by atoms with van der Waals surface area (Å²) in [6.07, 6.45) is -0.155. The molecule has 0 saturated heterocycles. The number of carbonyl (C=O) groups is 2. The highest BCUT2D eigenvalue weighted by atomic mass is 16.6. The zero-order chi connectivity index (χ0) is 20.8. The number of carbonyl (C=O) groups excluding carboxylic acids is 2. The molecule has 0 saturated carbocycles. The first kappa shape index (κ1) is 20.7. The molecule has 0 bridgehead atoms. The summed E-state index contributed by atoms with van der Waals surface area (Å²) in [6.45, 7) is 3.15. The Labute approximate surface area is 171 Å². The van der Waals surface area contributed by atoms with E-state index >= 15 is 0 Å². The lowest BCUT2D eigenvalue weighted by Gasteiger charge is -2.30. The van der Waals surface area contributed by atoms with Crippen molar-refractivity contribution in [3.8, 4) is 11.5 Å². The average molecular weight is 397 g/mol. The molecule has 29 heavy (non-hydrogen) atoms. The van der Waals surface area contributed by atoms with Gasteiger partial charge in [-0.25, -0.2) is 0 Å². The van der Waals surface area contributed by atoms with Crippen molar-refractivity contribution < 1.29 is 19.1 Å². The molecule has 154 valence electrons. The van der Waals surface area contributed by atoms with Crippen molar-refractivity contribution in [1.82, 2.24) is 9.80 Å². The molecule has 2 aromatic rings. The third-order valence-electron chi connectivity index (χ3n) is 4.63. The molecular formula is C22H27N3O4. The zero-order valence-corrected chi connectivity index (χ0v) is 17.1. The number of nitrogens with one attached hydrogen (secondary N) is 1. The first-order chi connectivity index (χ1) is 13.9. The molecule has 0 spiro atoms. The van der Waals surface area contributed by atoms with E-state index in [-0.39, 0.29) is 31.0 Å². The van der Waals surface area contributed by atoms with E-state index in [9.17, 15) is 9.59 Å². The summed E-state index contributed by atoms with van der Waals surface area (Å²) in [5, 5.41) is 2.80. The maximum absolute atomic E-state index is 12.5. The topological polar surface area (TPSA) is 71.1 Å². The molecular weight excluding hydrogens is 370 g/mol. The molecule has 1 unspecified atom stereocenters. The highest BCUT2D eigenvalue weighted by Gasteiger charge is 2.23. The standard InChI is InChI=1S/C22H27N3O4/c1-16-8-10-17(11-9-16)23-21(26)13-25(3)22(27)14-24(2)12-18-15-28-19-6-4-5-7-20(19)29-18/h4-11,18H,12-15H2,1-3H3,(H,23,26). The van der Waals surface area contributed by atoms with E-state index < -0.39 is 0 Å². The first-order valence-corrected chi connectivity index (χ1v) is 9.58. The van der Waals surface area contributed by atoms with Crippen molar-refractivity contribution in [2.45, 2.75) is 13.0 Å². The van der Waals surface area contributed by atoms with Crippen LogP contribution in [0.5, 0.6) is 11.5 Å². The van der Waals surface area contributed by atoms with Crippen LogP contribution < -0.4 is 14.8 Å². The van der Waals surface area contributed by atoms with Gasteiger partial charge >= 0.3 is 0 Å². The number of aryl methyl sites for hydroxylation is 1. The van der Waals surface area contributed by atoms with Crippen LogP contribution in [0.3, 0.4) is 0 Å². The second kappa shape index (κ2) is 9.43. The van der Waals surface area contributed by atoms with Crippen LogP contribution in [0.25, 0.3) is 0 Å². The van der Waals surface area contributed by atoms with Crippen LogP contribution >= 0.6 is 0 Å². The second-order valence-electron chi connectivity index (χ2n) is 7.36. The minimum absolute atomic E-state index is 0.00301. The summed E-state index contributed by atoms with van der Waals surface area (Å²) in [4.78, 5) is 27.9. The third-order valence-corrected chi connectivity index (χ3v) is 4.63. The van der Waals surface area contributed by atoms with Crippen LogP contribution in [0.15, 0.2) is 48.5 Å². The molecule has 1 aliphatic rings. The normalized spacial score (nSPS) is 15.1. The monoisotopic (exact) mass is 397 g/mol. The minimum Gasteiger partial charge on any atom is -0.486 e. The molecule has 0 aliphatic carbocycles. The van der Waals surface area contributed by atoms with Gasteiger partial charge in [-0.05, 0) is 38.2 Å². The average Bonchev–Trinajstić information content (AvgIpc) is 2.69. The first-order valence-electron chi connectivity index (χ1n) is 9.58. The molecule has 1 aliphatic heterocycles. The molecule has 7 nitrogen and oxygen atoms in total. The Hall–Kier alpha value is -3.06. The molecule has 2 aromatic carbocycles. The van der Waals surface area contributed by atoms with E-state index in [2.05, 4.69) is 5.32 Å². The van der Waals surface area contributed by atoms with Gasteiger partial charge in [0, 0.05) is 19.3 Å². The van der Waals surface area contributed by atoms with Crippen molar-refractivity contribution in [1.29, 1.82) is 0 Å². The quantitative estimate of drug-likeness (QED) is 0.775. The second-order valence-corrected chi connectivity index (χ2v) is 7.36. The third kappa shape index (κ3) is 5.96. The Morgan fingerprint density at radius 2 is 1.72 bits per heavy atom. The lowest BCUT2D eigenvalue weighted by Crippen LogP contribution is -2.45. The Morgan fingerprint density at radius 3 is 2.45 bits per heavy atom. The summed E-state index contributed by atoms with van der Waals surface area (Å²) in [6, 6.07) is 15.1.